The van der Waals surface area contributed by atoms with Gasteiger partial charge in [0.05, 0.1) is 20.1 Å². The molecular weight excluding hydrogens is 380 g/mol. The summed E-state index contributed by atoms with van der Waals surface area (Å²) in [5, 5.41) is 2.88. The molecule has 0 saturated carbocycles. The molecule has 0 bridgehead atoms. The fraction of sp³-hybridized carbons (Fsp3) is 0.375. The second-order valence-corrected chi connectivity index (χ2v) is 8.31. The van der Waals surface area contributed by atoms with Crippen molar-refractivity contribution in [2.45, 2.75) is 32.6 Å². The Morgan fingerprint density at radius 2 is 1.80 bits per heavy atom. The van der Waals surface area contributed by atoms with E-state index in [1.807, 2.05) is 36.4 Å². The van der Waals surface area contributed by atoms with Crippen molar-refractivity contribution < 1.29 is 19.1 Å². The number of rotatable bonds is 6. The number of amides is 2. The Morgan fingerprint density at radius 3 is 2.40 bits per heavy atom. The summed E-state index contributed by atoms with van der Waals surface area (Å²) in [7, 11) is 3.13. The molecular formula is C24H28N2O4. The normalized spacial score (nSPS) is 18.4. The molecule has 1 aromatic rings. The predicted molar refractivity (Wildman–Crippen MR) is 116 cm³/mol. The summed E-state index contributed by atoms with van der Waals surface area (Å²) in [5.41, 5.74) is 2.90. The minimum Gasteiger partial charge on any atom is -0.500 e. The van der Waals surface area contributed by atoms with E-state index in [9.17, 15) is 9.59 Å². The third kappa shape index (κ3) is 4.53. The van der Waals surface area contributed by atoms with Crippen LogP contribution in [0, 0.1) is 5.92 Å². The van der Waals surface area contributed by atoms with Crippen molar-refractivity contribution in [2.75, 3.05) is 20.8 Å². The van der Waals surface area contributed by atoms with Gasteiger partial charge < -0.3 is 14.8 Å². The SMILES string of the molecule is COC1=CC=C(OC)C2C=C(CCNC(=O)c3ccc(C(C)(C)C)cc3)C(=O)N=C12. The van der Waals surface area contributed by atoms with Gasteiger partial charge in [-0.25, -0.2) is 4.99 Å². The minimum atomic E-state index is -0.315. The summed E-state index contributed by atoms with van der Waals surface area (Å²) < 4.78 is 10.7. The number of hydrogen-bond acceptors (Lipinski definition) is 4. The molecule has 0 fully saturated rings. The summed E-state index contributed by atoms with van der Waals surface area (Å²) in [6.07, 6.45) is 5.79. The zero-order valence-corrected chi connectivity index (χ0v) is 18.1. The Kier molecular flexibility index (Phi) is 6.25. The first kappa shape index (κ1) is 21.6. The maximum atomic E-state index is 12.5. The van der Waals surface area contributed by atoms with Crippen LogP contribution in [-0.2, 0) is 19.7 Å². The first-order valence-corrected chi connectivity index (χ1v) is 9.97. The second kappa shape index (κ2) is 8.69. The van der Waals surface area contributed by atoms with Crippen molar-refractivity contribution in [3.8, 4) is 0 Å². The van der Waals surface area contributed by atoms with Crippen LogP contribution in [0.4, 0.5) is 0 Å². The Labute approximate surface area is 177 Å². The number of hydrogen-bond donors (Lipinski definition) is 1. The van der Waals surface area contributed by atoms with E-state index < -0.39 is 0 Å². The van der Waals surface area contributed by atoms with Gasteiger partial charge in [-0.05, 0) is 41.7 Å². The quantitative estimate of drug-likeness (QED) is 0.779. The minimum absolute atomic E-state index is 0.0364. The van der Waals surface area contributed by atoms with Crippen LogP contribution in [0.25, 0.3) is 0 Å². The molecule has 1 unspecified atom stereocenters. The number of nitrogens with zero attached hydrogens (tertiary/aromatic N) is 1. The summed E-state index contributed by atoms with van der Waals surface area (Å²) >= 11 is 0. The van der Waals surface area contributed by atoms with Crippen molar-refractivity contribution in [3.05, 3.63) is 70.7 Å². The van der Waals surface area contributed by atoms with E-state index in [1.54, 1.807) is 20.3 Å². The van der Waals surface area contributed by atoms with E-state index in [-0.39, 0.29) is 23.1 Å². The number of allylic oxidation sites excluding steroid dienone is 4. The van der Waals surface area contributed by atoms with Gasteiger partial charge in [0.2, 0.25) is 0 Å². The molecule has 1 aliphatic heterocycles. The molecule has 158 valence electrons. The van der Waals surface area contributed by atoms with Gasteiger partial charge >= 0.3 is 0 Å². The van der Waals surface area contributed by atoms with E-state index >= 15 is 0 Å². The van der Waals surface area contributed by atoms with Crippen LogP contribution in [0.2, 0.25) is 0 Å². The Hall–Kier alpha value is -3.15. The second-order valence-electron chi connectivity index (χ2n) is 8.31. The van der Waals surface area contributed by atoms with E-state index in [0.29, 0.717) is 41.3 Å². The molecule has 6 heteroatoms. The zero-order valence-electron chi connectivity index (χ0n) is 18.1. The van der Waals surface area contributed by atoms with Gasteiger partial charge in [-0.3, -0.25) is 9.59 Å². The fourth-order valence-corrected chi connectivity index (χ4v) is 3.47. The summed E-state index contributed by atoms with van der Waals surface area (Å²) in [5.74, 6) is 0.510. The Morgan fingerprint density at radius 1 is 1.10 bits per heavy atom. The smallest absolute Gasteiger partial charge is 0.273 e. The number of carbonyl (C=O) groups excluding carboxylic acids is 2. The van der Waals surface area contributed by atoms with Crippen LogP contribution < -0.4 is 5.32 Å². The van der Waals surface area contributed by atoms with Gasteiger partial charge in [0.1, 0.15) is 17.2 Å². The van der Waals surface area contributed by atoms with Crippen LogP contribution in [0.15, 0.2) is 64.6 Å². The predicted octanol–water partition coefficient (Wildman–Crippen LogP) is 3.70. The van der Waals surface area contributed by atoms with Crippen molar-refractivity contribution in [1.82, 2.24) is 5.32 Å². The van der Waals surface area contributed by atoms with E-state index in [0.717, 1.165) is 0 Å². The van der Waals surface area contributed by atoms with Gasteiger partial charge in [-0.2, -0.15) is 0 Å². The summed E-state index contributed by atoms with van der Waals surface area (Å²) in [6.45, 7) is 6.74. The van der Waals surface area contributed by atoms with Crippen LogP contribution >= 0.6 is 0 Å². The lowest BCUT2D eigenvalue weighted by atomic mass is 9.86. The van der Waals surface area contributed by atoms with Crippen LogP contribution in [0.3, 0.4) is 0 Å². The first-order valence-electron chi connectivity index (χ1n) is 9.97. The van der Waals surface area contributed by atoms with Gasteiger partial charge in [-0.15, -0.1) is 0 Å². The van der Waals surface area contributed by atoms with E-state index in [1.165, 1.54) is 5.56 Å². The lowest BCUT2D eigenvalue weighted by molar-refractivity contribution is -0.114. The fourth-order valence-electron chi connectivity index (χ4n) is 3.47. The monoisotopic (exact) mass is 408 g/mol. The molecule has 1 aliphatic carbocycles. The first-order chi connectivity index (χ1) is 14.2. The van der Waals surface area contributed by atoms with Gasteiger partial charge in [0, 0.05) is 17.7 Å². The summed E-state index contributed by atoms with van der Waals surface area (Å²) in [4.78, 5) is 29.1. The largest absolute Gasteiger partial charge is 0.500 e. The highest BCUT2D eigenvalue weighted by Crippen LogP contribution is 2.30. The molecule has 6 nitrogen and oxygen atoms in total. The number of benzene rings is 1. The molecule has 0 spiro atoms. The number of dihydropyridines is 1. The molecule has 2 amide bonds. The zero-order chi connectivity index (χ0) is 21.9. The lowest BCUT2D eigenvalue weighted by Gasteiger charge is -2.26. The number of nitrogens with one attached hydrogen (secondary N) is 1. The van der Waals surface area contributed by atoms with Crippen molar-refractivity contribution >= 4 is 17.5 Å². The van der Waals surface area contributed by atoms with Crippen LogP contribution in [-0.4, -0.2) is 38.3 Å². The average molecular weight is 408 g/mol. The maximum absolute atomic E-state index is 12.5. The highest BCUT2D eigenvalue weighted by Gasteiger charge is 2.32. The van der Waals surface area contributed by atoms with Gasteiger partial charge in [0.15, 0.2) is 0 Å². The van der Waals surface area contributed by atoms with Crippen LogP contribution in [0.1, 0.15) is 43.1 Å². The maximum Gasteiger partial charge on any atom is 0.273 e. The number of methoxy groups -OCH3 is 2. The molecule has 30 heavy (non-hydrogen) atoms. The molecule has 2 aliphatic rings. The van der Waals surface area contributed by atoms with E-state index in [2.05, 4.69) is 31.1 Å². The number of ether oxygens (including phenoxy) is 2. The molecule has 0 saturated heterocycles. The molecule has 1 heterocycles. The molecule has 1 aromatic carbocycles. The van der Waals surface area contributed by atoms with Crippen molar-refractivity contribution in [3.63, 3.8) is 0 Å². The highest BCUT2D eigenvalue weighted by molar-refractivity contribution is 6.15. The Balaban J connectivity index is 1.63. The van der Waals surface area contributed by atoms with Gasteiger partial charge in [0.25, 0.3) is 11.8 Å². The molecule has 1 N–H and O–H groups in total. The summed E-state index contributed by atoms with van der Waals surface area (Å²) in [6, 6.07) is 7.60. The topological polar surface area (TPSA) is 77.0 Å². The number of carbonyl (C=O) groups is 2. The average Bonchev–Trinajstić information content (AvgIpc) is 2.72. The van der Waals surface area contributed by atoms with Crippen LogP contribution in [0.5, 0.6) is 0 Å². The lowest BCUT2D eigenvalue weighted by Crippen LogP contribution is -2.30. The molecule has 1 atom stereocenters. The third-order valence-electron chi connectivity index (χ3n) is 5.27. The van der Waals surface area contributed by atoms with Gasteiger partial charge in [-0.1, -0.05) is 39.0 Å². The number of aliphatic imine (C=N–C) groups is 1. The highest BCUT2D eigenvalue weighted by atomic mass is 16.5. The molecule has 3 rings (SSSR count). The van der Waals surface area contributed by atoms with Crippen molar-refractivity contribution in [2.24, 2.45) is 10.9 Å². The van der Waals surface area contributed by atoms with Crippen molar-refractivity contribution in [1.29, 1.82) is 0 Å². The Bertz CT molecular complexity index is 960. The molecule has 0 aromatic heterocycles. The third-order valence-corrected chi connectivity index (χ3v) is 5.27. The van der Waals surface area contributed by atoms with E-state index in [4.69, 9.17) is 9.47 Å². The molecule has 0 radical (unpaired) electrons. The standard InChI is InChI=1S/C24H28N2O4/c1-24(2,3)17-8-6-15(7-9-17)22(27)25-13-12-16-14-18-19(29-4)10-11-20(30-5)21(18)26-23(16)28/h6-11,14,18H,12-13H2,1-5H3,(H,25,27). The number of fused-ring (bicyclic) bond motifs is 1.